The van der Waals surface area contributed by atoms with Crippen LogP contribution in [0.1, 0.15) is 0 Å². The Morgan fingerprint density at radius 1 is 1.56 bits per heavy atom. The van der Waals surface area contributed by atoms with Gasteiger partial charge in [-0.1, -0.05) is 0 Å². The highest BCUT2D eigenvalue weighted by Crippen LogP contribution is 2.07. The fourth-order valence-electron chi connectivity index (χ4n) is 0.933. The van der Waals surface area contributed by atoms with Crippen molar-refractivity contribution in [3.8, 4) is 12.1 Å². The van der Waals surface area contributed by atoms with Crippen LogP contribution in [0, 0.1) is 22.7 Å². The van der Waals surface area contributed by atoms with Gasteiger partial charge in [0.25, 0.3) is 0 Å². The van der Waals surface area contributed by atoms with E-state index >= 15 is 0 Å². The molecule has 6 heteroatoms. The molecule has 2 amide bonds. The van der Waals surface area contributed by atoms with Gasteiger partial charge in [0.15, 0.2) is 0 Å². The minimum absolute atomic E-state index is 0.108. The number of halogens is 1. The van der Waals surface area contributed by atoms with E-state index in [1.807, 2.05) is 0 Å². The maximum absolute atomic E-state index is 12.6. The third-order valence-electron chi connectivity index (χ3n) is 1.74. The van der Waals surface area contributed by atoms with Crippen LogP contribution >= 0.6 is 0 Å². The number of nitrogens with one attached hydrogen (secondary N) is 1. The fourth-order valence-corrected chi connectivity index (χ4v) is 0.933. The van der Waals surface area contributed by atoms with Crippen LogP contribution in [0.4, 0.5) is 9.18 Å². The van der Waals surface area contributed by atoms with Crippen molar-refractivity contribution in [1.29, 1.82) is 10.5 Å². The number of hydrogen-bond acceptors (Lipinski definition) is 3. The van der Waals surface area contributed by atoms with Gasteiger partial charge in [0.2, 0.25) is 0 Å². The molecule has 0 fully saturated rings. The van der Waals surface area contributed by atoms with E-state index in [0.717, 1.165) is 12.3 Å². The van der Waals surface area contributed by atoms with Gasteiger partial charge in [-0.05, 0) is 12.2 Å². The normalized spacial score (nSPS) is 13.2. The molecule has 0 bridgehead atoms. The first kappa shape index (κ1) is 11.5. The van der Waals surface area contributed by atoms with E-state index in [4.69, 9.17) is 10.5 Å². The molecular formula is C10H7FN4O. The van der Waals surface area contributed by atoms with E-state index in [9.17, 15) is 9.18 Å². The molecule has 0 aromatic carbocycles. The summed E-state index contributed by atoms with van der Waals surface area (Å²) in [5.41, 5.74) is -0.212. The quantitative estimate of drug-likeness (QED) is 0.674. The molecule has 80 valence electrons. The lowest BCUT2D eigenvalue weighted by Gasteiger charge is -2.18. The smallest absolute Gasteiger partial charge is 0.312 e. The summed E-state index contributed by atoms with van der Waals surface area (Å²) in [6.45, 7) is 0.108. The van der Waals surface area contributed by atoms with Gasteiger partial charge < -0.3 is 5.32 Å². The fraction of sp³-hybridized carbons (Fsp3) is 0.100. The highest BCUT2D eigenvalue weighted by Gasteiger charge is 2.11. The molecule has 1 aliphatic heterocycles. The largest absolute Gasteiger partial charge is 0.325 e. The van der Waals surface area contributed by atoms with Crippen molar-refractivity contribution in [2.45, 2.75) is 0 Å². The van der Waals surface area contributed by atoms with Gasteiger partial charge in [-0.3, -0.25) is 4.90 Å². The SMILES string of the molecule is N#CC(C#N)=CNC(=O)N1C=CC(F)=CC1. The van der Waals surface area contributed by atoms with Gasteiger partial charge in [-0.2, -0.15) is 10.5 Å². The highest BCUT2D eigenvalue weighted by molar-refractivity contribution is 5.77. The molecule has 16 heavy (non-hydrogen) atoms. The molecule has 0 aromatic heterocycles. The topological polar surface area (TPSA) is 79.9 Å². The van der Waals surface area contributed by atoms with Crippen molar-refractivity contribution in [2.24, 2.45) is 0 Å². The van der Waals surface area contributed by atoms with Crippen LogP contribution in [-0.2, 0) is 0 Å². The summed E-state index contributed by atoms with van der Waals surface area (Å²) in [5.74, 6) is -0.408. The monoisotopic (exact) mass is 218 g/mol. The van der Waals surface area contributed by atoms with E-state index in [2.05, 4.69) is 5.32 Å². The van der Waals surface area contributed by atoms with Crippen molar-refractivity contribution in [3.05, 3.63) is 36.0 Å². The number of rotatable bonds is 1. The van der Waals surface area contributed by atoms with Crippen LogP contribution in [0.3, 0.4) is 0 Å². The summed E-state index contributed by atoms with van der Waals surface area (Å²) in [4.78, 5) is 12.6. The lowest BCUT2D eigenvalue weighted by Crippen LogP contribution is -2.34. The molecule has 0 saturated carbocycles. The zero-order valence-corrected chi connectivity index (χ0v) is 8.14. The molecule has 1 rings (SSSR count). The molecule has 0 spiro atoms. The summed E-state index contributed by atoms with van der Waals surface area (Å²) in [7, 11) is 0. The van der Waals surface area contributed by atoms with Crippen molar-refractivity contribution in [3.63, 3.8) is 0 Å². The Labute approximate surface area is 91.4 Å². The number of nitrogens with zero attached hydrogens (tertiary/aromatic N) is 3. The van der Waals surface area contributed by atoms with Gasteiger partial charge in [0, 0.05) is 18.9 Å². The average molecular weight is 218 g/mol. The number of amides is 2. The van der Waals surface area contributed by atoms with Gasteiger partial charge in [0.1, 0.15) is 23.5 Å². The van der Waals surface area contributed by atoms with Crippen molar-refractivity contribution in [2.75, 3.05) is 6.54 Å². The minimum atomic E-state index is -0.539. The van der Waals surface area contributed by atoms with E-state index < -0.39 is 11.9 Å². The van der Waals surface area contributed by atoms with E-state index in [1.54, 1.807) is 12.1 Å². The number of carbonyl (C=O) groups excluding carboxylic acids is 1. The lowest BCUT2D eigenvalue weighted by atomic mass is 10.3. The van der Waals surface area contributed by atoms with Crippen LogP contribution in [0.5, 0.6) is 0 Å². The van der Waals surface area contributed by atoms with Gasteiger partial charge >= 0.3 is 6.03 Å². The Bertz CT molecular complexity index is 448. The molecule has 0 atom stereocenters. The Kier molecular flexibility index (Phi) is 3.82. The Morgan fingerprint density at radius 3 is 2.75 bits per heavy atom. The second-order valence-electron chi connectivity index (χ2n) is 2.79. The maximum atomic E-state index is 12.6. The first-order valence-electron chi connectivity index (χ1n) is 4.28. The van der Waals surface area contributed by atoms with Crippen LogP contribution in [0.25, 0.3) is 0 Å². The molecule has 0 radical (unpaired) electrons. The summed E-state index contributed by atoms with van der Waals surface area (Å²) in [5, 5.41) is 19.1. The predicted octanol–water partition coefficient (Wildman–Crippen LogP) is 1.31. The van der Waals surface area contributed by atoms with Crippen LogP contribution in [0.15, 0.2) is 36.0 Å². The highest BCUT2D eigenvalue weighted by atomic mass is 19.1. The molecule has 1 N–H and O–H groups in total. The molecule has 0 saturated heterocycles. The number of carbonyl (C=O) groups is 1. The number of allylic oxidation sites excluding steroid dienone is 3. The molecule has 1 aliphatic rings. The second kappa shape index (κ2) is 5.32. The third-order valence-corrected chi connectivity index (χ3v) is 1.74. The maximum Gasteiger partial charge on any atom is 0.325 e. The molecule has 1 heterocycles. The lowest BCUT2D eigenvalue weighted by molar-refractivity contribution is 0.221. The minimum Gasteiger partial charge on any atom is -0.312 e. The van der Waals surface area contributed by atoms with E-state index in [-0.39, 0.29) is 12.1 Å². The first-order valence-corrected chi connectivity index (χ1v) is 4.28. The Morgan fingerprint density at radius 2 is 2.25 bits per heavy atom. The molecule has 0 unspecified atom stereocenters. The summed E-state index contributed by atoms with van der Waals surface area (Å²) in [6, 6.07) is 2.65. The average Bonchev–Trinajstić information content (AvgIpc) is 2.31. The number of nitriles is 2. The summed E-state index contributed by atoms with van der Waals surface area (Å²) < 4.78 is 12.6. The molecule has 0 aromatic rings. The Hall–Kier alpha value is -2.60. The molecular weight excluding hydrogens is 211 g/mol. The zero-order valence-electron chi connectivity index (χ0n) is 8.14. The second-order valence-corrected chi connectivity index (χ2v) is 2.79. The first-order chi connectivity index (χ1) is 7.67. The van der Waals surface area contributed by atoms with Crippen LogP contribution < -0.4 is 5.32 Å². The summed E-state index contributed by atoms with van der Waals surface area (Å²) >= 11 is 0. The summed E-state index contributed by atoms with van der Waals surface area (Å²) in [6.07, 6.45) is 4.66. The van der Waals surface area contributed by atoms with E-state index in [0.29, 0.717) is 0 Å². The zero-order chi connectivity index (χ0) is 12.0. The van der Waals surface area contributed by atoms with Gasteiger partial charge in [-0.15, -0.1) is 0 Å². The number of urea groups is 1. The van der Waals surface area contributed by atoms with Gasteiger partial charge in [0.05, 0.1) is 0 Å². The van der Waals surface area contributed by atoms with Crippen molar-refractivity contribution < 1.29 is 9.18 Å². The van der Waals surface area contributed by atoms with Crippen LogP contribution in [0.2, 0.25) is 0 Å². The van der Waals surface area contributed by atoms with Crippen molar-refractivity contribution in [1.82, 2.24) is 10.2 Å². The van der Waals surface area contributed by atoms with Crippen LogP contribution in [-0.4, -0.2) is 17.5 Å². The molecule has 5 nitrogen and oxygen atoms in total. The van der Waals surface area contributed by atoms with E-state index in [1.165, 1.54) is 17.2 Å². The van der Waals surface area contributed by atoms with Gasteiger partial charge in [-0.25, -0.2) is 9.18 Å². The van der Waals surface area contributed by atoms with Crippen molar-refractivity contribution >= 4 is 6.03 Å². The number of hydrogen-bond donors (Lipinski definition) is 1. The third kappa shape index (κ3) is 2.96. The standard InChI is InChI=1S/C10H7FN4O/c11-9-1-3-15(4-2-9)10(16)14-7-8(5-12)6-13/h1-3,7H,4H2,(H,14,16). The molecule has 0 aliphatic carbocycles. The Balaban J connectivity index is 2.57. The predicted molar refractivity (Wildman–Crippen MR) is 52.9 cm³/mol.